The maximum absolute atomic E-state index is 5.73. The molecule has 0 fully saturated rings. The molecule has 0 bridgehead atoms. The van der Waals surface area contributed by atoms with E-state index in [0.717, 1.165) is 0 Å². The Morgan fingerprint density at radius 1 is 1.38 bits per heavy atom. The van der Waals surface area contributed by atoms with Gasteiger partial charge in [-0.15, -0.1) is 0 Å². The zero-order chi connectivity index (χ0) is 9.90. The van der Waals surface area contributed by atoms with Gasteiger partial charge in [-0.3, -0.25) is 9.98 Å². The summed E-state index contributed by atoms with van der Waals surface area (Å²) in [6.07, 6.45) is 4.80. The number of hydrogen-bond donors (Lipinski definition) is 1. The van der Waals surface area contributed by atoms with Gasteiger partial charge in [-0.1, -0.05) is 0 Å². The maximum atomic E-state index is 5.73. The van der Waals surface area contributed by atoms with Crippen molar-refractivity contribution in [2.24, 2.45) is 10.7 Å². The third-order valence-corrected chi connectivity index (χ3v) is 1.28. The summed E-state index contributed by atoms with van der Waals surface area (Å²) >= 11 is 0. The van der Waals surface area contributed by atoms with Gasteiger partial charge in [-0.2, -0.15) is 0 Å². The van der Waals surface area contributed by atoms with Crippen LogP contribution in [0.1, 0.15) is 26.5 Å². The minimum absolute atomic E-state index is 0.179. The molecular weight excluding hydrogens is 164 g/mol. The van der Waals surface area contributed by atoms with Crippen LogP contribution in [0.4, 0.5) is 0 Å². The molecular formula is C9H14N4. The lowest BCUT2D eigenvalue weighted by Crippen LogP contribution is -2.22. The molecule has 0 aliphatic heterocycles. The molecule has 1 rings (SSSR count). The summed E-state index contributed by atoms with van der Waals surface area (Å²) in [7, 11) is 0. The van der Waals surface area contributed by atoms with Gasteiger partial charge in [0.25, 0.3) is 0 Å². The first-order valence-electron chi connectivity index (χ1n) is 4.11. The van der Waals surface area contributed by atoms with E-state index in [1.165, 1.54) is 0 Å². The standard InChI is InChI=1S/C9H14N4/c1-9(2,3)13-8(10)7-6-11-4-5-12-7/h4-6H,1-3H3,(H2,10,13). The van der Waals surface area contributed by atoms with Crippen LogP contribution < -0.4 is 5.73 Å². The SMILES string of the molecule is CC(C)(C)N=C(N)c1cnccn1. The first-order chi connectivity index (χ1) is 5.99. The number of aliphatic imine (C=N–C) groups is 1. The van der Waals surface area contributed by atoms with Crippen LogP contribution in [0.5, 0.6) is 0 Å². The van der Waals surface area contributed by atoms with Crippen molar-refractivity contribution in [1.82, 2.24) is 9.97 Å². The summed E-state index contributed by atoms with van der Waals surface area (Å²) in [5, 5.41) is 0. The predicted octanol–water partition coefficient (Wildman–Crippen LogP) is 0.980. The minimum Gasteiger partial charge on any atom is -0.382 e. The molecule has 0 saturated heterocycles. The van der Waals surface area contributed by atoms with Gasteiger partial charge in [-0.25, -0.2) is 4.98 Å². The molecule has 0 aliphatic carbocycles. The van der Waals surface area contributed by atoms with Gasteiger partial charge >= 0.3 is 0 Å². The highest BCUT2D eigenvalue weighted by atomic mass is 14.9. The fraction of sp³-hybridized carbons (Fsp3) is 0.444. The molecule has 0 aliphatic rings. The van der Waals surface area contributed by atoms with Crippen LogP contribution in [-0.4, -0.2) is 21.3 Å². The quantitative estimate of drug-likeness (QED) is 0.515. The van der Waals surface area contributed by atoms with E-state index >= 15 is 0 Å². The van der Waals surface area contributed by atoms with E-state index in [1.807, 2.05) is 20.8 Å². The highest BCUT2D eigenvalue weighted by molar-refractivity contribution is 5.95. The van der Waals surface area contributed by atoms with Crippen molar-refractivity contribution in [3.05, 3.63) is 24.3 Å². The molecule has 0 amide bonds. The van der Waals surface area contributed by atoms with Gasteiger partial charge in [0.05, 0.1) is 11.7 Å². The van der Waals surface area contributed by atoms with Gasteiger partial charge in [0.15, 0.2) is 0 Å². The summed E-state index contributed by atoms with van der Waals surface area (Å²) in [6.45, 7) is 5.95. The van der Waals surface area contributed by atoms with Crippen LogP contribution >= 0.6 is 0 Å². The van der Waals surface area contributed by atoms with Gasteiger partial charge in [-0.05, 0) is 20.8 Å². The predicted molar refractivity (Wildman–Crippen MR) is 52.5 cm³/mol. The fourth-order valence-corrected chi connectivity index (χ4v) is 0.850. The third kappa shape index (κ3) is 3.19. The first-order valence-corrected chi connectivity index (χ1v) is 4.11. The van der Waals surface area contributed by atoms with Gasteiger partial charge < -0.3 is 5.73 Å². The summed E-state index contributed by atoms with van der Waals surface area (Å²) < 4.78 is 0. The van der Waals surface area contributed by atoms with Crippen molar-refractivity contribution in [3.8, 4) is 0 Å². The first kappa shape index (κ1) is 9.64. The molecule has 1 aromatic heterocycles. The minimum atomic E-state index is -0.179. The summed E-state index contributed by atoms with van der Waals surface area (Å²) in [5.41, 5.74) is 6.17. The highest BCUT2D eigenvalue weighted by Crippen LogP contribution is 2.07. The van der Waals surface area contributed by atoms with Crippen molar-refractivity contribution in [2.45, 2.75) is 26.3 Å². The van der Waals surface area contributed by atoms with Crippen LogP contribution in [0.15, 0.2) is 23.6 Å². The van der Waals surface area contributed by atoms with Gasteiger partial charge in [0.2, 0.25) is 0 Å². The molecule has 1 heterocycles. The molecule has 1 aromatic rings. The molecule has 0 unspecified atom stereocenters. The molecule has 13 heavy (non-hydrogen) atoms. The van der Waals surface area contributed by atoms with Gasteiger partial charge in [0.1, 0.15) is 11.5 Å². The van der Waals surface area contributed by atoms with Crippen LogP contribution in [0.3, 0.4) is 0 Å². The lowest BCUT2D eigenvalue weighted by molar-refractivity contribution is 0.583. The average molecular weight is 178 g/mol. The maximum Gasteiger partial charge on any atom is 0.146 e. The zero-order valence-corrected chi connectivity index (χ0v) is 8.15. The van der Waals surface area contributed by atoms with Crippen molar-refractivity contribution in [3.63, 3.8) is 0 Å². The van der Waals surface area contributed by atoms with E-state index in [0.29, 0.717) is 11.5 Å². The fourth-order valence-electron chi connectivity index (χ4n) is 0.850. The number of nitrogens with two attached hydrogens (primary N) is 1. The van der Waals surface area contributed by atoms with Crippen molar-refractivity contribution >= 4 is 5.84 Å². The van der Waals surface area contributed by atoms with Gasteiger partial charge in [0, 0.05) is 12.4 Å². The lowest BCUT2D eigenvalue weighted by Gasteiger charge is -2.12. The topological polar surface area (TPSA) is 64.2 Å². The lowest BCUT2D eigenvalue weighted by atomic mass is 10.1. The number of aromatic nitrogens is 2. The van der Waals surface area contributed by atoms with Crippen molar-refractivity contribution in [2.75, 3.05) is 0 Å². The Bertz CT molecular complexity index is 297. The zero-order valence-electron chi connectivity index (χ0n) is 8.15. The average Bonchev–Trinajstić information content (AvgIpc) is 2.03. The Morgan fingerprint density at radius 2 is 2.08 bits per heavy atom. The summed E-state index contributed by atoms with van der Waals surface area (Å²) in [4.78, 5) is 12.2. The molecule has 70 valence electrons. The van der Waals surface area contributed by atoms with Crippen LogP contribution in [0.2, 0.25) is 0 Å². The summed E-state index contributed by atoms with van der Waals surface area (Å²) in [5.74, 6) is 0.431. The van der Waals surface area contributed by atoms with Crippen LogP contribution in [0, 0.1) is 0 Å². The number of rotatable bonds is 1. The second-order valence-corrected chi connectivity index (χ2v) is 3.76. The second kappa shape index (κ2) is 3.51. The Morgan fingerprint density at radius 3 is 2.54 bits per heavy atom. The summed E-state index contributed by atoms with van der Waals surface area (Å²) in [6, 6.07) is 0. The molecule has 4 heteroatoms. The van der Waals surface area contributed by atoms with E-state index in [-0.39, 0.29) is 5.54 Å². The second-order valence-electron chi connectivity index (χ2n) is 3.76. The van der Waals surface area contributed by atoms with E-state index in [4.69, 9.17) is 5.73 Å². The highest BCUT2D eigenvalue weighted by Gasteiger charge is 2.09. The van der Waals surface area contributed by atoms with Crippen LogP contribution in [-0.2, 0) is 0 Å². The monoisotopic (exact) mass is 178 g/mol. The Hall–Kier alpha value is -1.45. The van der Waals surface area contributed by atoms with E-state index < -0.39 is 0 Å². The van der Waals surface area contributed by atoms with E-state index in [1.54, 1.807) is 18.6 Å². The normalized spacial score (nSPS) is 13.0. The number of nitrogens with zero attached hydrogens (tertiary/aromatic N) is 3. The van der Waals surface area contributed by atoms with Crippen molar-refractivity contribution < 1.29 is 0 Å². The molecule has 0 radical (unpaired) electrons. The molecule has 4 nitrogen and oxygen atoms in total. The van der Waals surface area contributed by atoms with Crippen molar-refractivity contribution in [1.29, 1.82) is 0 Å². The largest absolute Gasteiger partial charge is 0.382 e. The van der Waals surface area contributed by atoms with E-state index in [9.17, 15) is 0 Å². The number of amidine groups is 1. The van der Waals surface area contributed by atoms with E-state index in [2.05, 4.69) is 15.0 Å². The number of hydrogen-bond acceptors (Lipinski definition) is 3. The Balaban J connectivity index is 2.92. The molecule has 0 aromatic carbocycles. The Kier molecular flexibility index (Phi) is 2.60. The molecule has 2 N–H and O–H groups in total. The molecule has 0 saturated carbocycles. The smallest absolute Gasteiger partial charge is 0.146 e. The molecule has 0 spiro atoms. The molecule has 0 atom stereocenters. The Labute approximate surface area is 77.9 Å². The van der Waals surface area contributed by atoms with Crippen LogP contribution in [0.25, 0.3) is 0 Å². The third-order valence-electron chi connectivity index (χ3n) is 1.28.